The highest BCUT2D eigenvalue weighted by atomic mass is 19.1. The van der Waals surface area contributed by atoms with Crippen LogP contribution in [-0.2, 0) is 0 Å². The van der Waals surface area contributed by atoms with Crippen molar-refractivity contribution in [1.29, 1.82) is 5.26 Å². The Morgan fingerprint density at radius 2 is 2.19 bits per heavy atom. The number of rotatable bonds is 2. The molecule has 0 aromatic heterocycles. The molecule has 0 heterocycles. The smallest absolute Gasteiger partial charge is 0.125 e. The molecule has 1 N–H and O–H groups in total. The molecular formula is C13H15FN2. The summed E-state index contributed by atoms with van der Waals surface area (Å²) in [6, 6.07) is 7.38. The first-order chi connectivity index (χ1) is 7.69. The maximum absolute atomic E-state index is 13.2. The van der Waals surface area contributed by atoms with E-state index in [9.17, 15) is 4.39 Å². The lowest BCUT2D eigenvalue weighted by atomic mass is 10.1. The van der Waals surface area contributed by atoms with Gasteiger partial charge in [-0.2, -0.15) is 5.26 Å². The molecule has 0 bridgehead atoms. The van der Waals surface area contributed by atoms with Crippen LogP contribution in [0, 0.1) is 30.0 Å². The second kappa shape index (κ2) is 4.52. The van der Waals surface area contributed by atoms with Gasteiger partial charge in [0.15, 0.2) is 0 Å². The Kier molecular flexibility index (Phi) is 3.09. The summed E-state index contributed by atoms with van der Waals surface area (Å²) in [4.78, 5) is 0. The third kappa shape index (κ3) is 2.33. The maximum atomic E-state index is 13.2. The summed E-state index contributed by atoms with van der Waals surface area (Å²) in [6.45, 7) is 1.87. The minimum atomic E-state index is -0.228. The van der Waals surface area contributed by atoms with Crippen molar-refractivity contribution in [3.05, 3.63) is 29.6 Å². The Bertz CT molecular complexity index is 402. The number of aryl methyl sites for hydroxylation is 1. The Balaban J connectivity index is 2.12. The van der Waals surface area contributed by atoms with Crippen LogP contribution in [0.2, 0.25) is 0 Å². The summed E-state index contributed by atoms with van der Waals surface area (Å²) in [6.07, 6.45) is 3.01. The standard InChI is InChI=1S/C13H15FN2/c1-9-5-11(14)7-12(6-9)16-13-4-2-3-10(13)8-15/h5-7,10,13,16H,2-4H2,1H3. The van der Waals surface area contributed by atoms with Crippen molar-refractivity contribution in [2.45, 2.75) is 32.2 Å². The molecule has 84 valence electrons. The van der Waals surface area contributed by atoms with Crippen LogP contribution in [0.5, 0.6) is 0 Å². The average Bonchev–Trinajstić information content (AvgIpc) is 2.63. The fourth-order valence-electron chi connectivity index (χ4n) is 2.32. The summed E-state index contributed by atoms with van der Waals surface area (Å²) in [5, 5.41) is 12.2. The van der Waals surface area contributed by atoms with Crippen LogP contribution in [0.4, 0.5) is 10.1 Å². The summed E-state index contributed by atoms with van der Waals surface area (Å²) in [7, 11) is 0. The molecule has 0 amide bonds. The number of halogens is 1. The predicted molar refractivity (Wildman–Crippen MR) is 61.5 cm³/mol. The molecule has 16 heavy (non-hydrogen) atoms. The number of nitriles is 1. The molecule has 0 saturated heterocycles. The van der Waals surface area contributed by atoms with E-state index in [1.165, 1.54) is 12.1 Å². The van der Waals surface area contributed by atoms with E-state index in [1.807, 2.05) is 13.0 Å². The Morgan fingerprint density at radius 1 is 1.38 bits per heavy atom. The number of nitrogens with one attached hydrogen (secondary N) is 1. The molecule has 1 fully saturated rings. The molecule has 2 nitrogen and oxygen atoms in total. The van der Waals surface area contributed by atoms with Gasteiger partial charge in [0, 0.05) is 11.7 Å². The summed E-state index contributed by atoms with van der Waals surface area (Å²) in [5.74, 6) is -0.169. The number of anilines is 1. The fourth-order valence-corrected chi connectivity index (χ4v) is 2.32. The number of hydrogen-bond acceptors (Lipinski definition) is 2. The predicted octanol–water partition coefficient (Wildman–Crippen LogP) is 3.24. The summed E-state index contributed by atoms with van der Waals surface area (Å²) >= 11 is 0. The molecule has 0 spiro atoms. The molecule has 1 aromatic carbocycles. The second-order valence-corrected chi connectivity index (χ2v) is 4.43. The van der Waals surface area contributed by atoms with Crippen molar-refractivity contribution in [3.8, 4) is 6.07 Å². The van der Waals surface area contributed by atoms with Gasteiger partial charge in [-0.3, -0.25) is 0 Å². The molecule has 2 atom stereocenters. The monoisotopic (exact) mass is 218 g/mol. The van der Waals surface area contributed by atoms with Crippen LogP contribution < -0.4 is 5.32 Å². The average molecular weight is 218 g/mol. The number of nitrogens with zero attached hydrogens (tertiary/aromatic N) is 1. The van der Waals surface area contributed by atoms with Crippen molar-refractivity contribution in [1.82, 2.24) is 0 Å². The highest BCUT2D eigenvalue weighted by molar-refractivity contribution is 5.47. The van der Waals surface area contributed by atoms with Gasteiger partial charge in [-0.1, -0.05) is 0 Å². The zero-order chi connectivity index (χ0) is 11.5. The quantitative estimate of drug-likeness (QED) is 0.827. The summed E-state index contributed by atoms with van der Waals surface area (Å²) < 4.78 is 13.2. The van der Waals surface area contributed by atoms with Crippen molar-refractivity contribution in [2.75, 3.05) is 5.32 Å². The third-order valence-corrected chi connectivity index (χ3v) is 3.08. The van der Waals surface area contributed by atoms with Gasteiger partial charge in [0.2, 0.25) is 0 Å². The first kappa shape index (κ1) is 10.9. The van der Waals surface area contributed by atoms with Crippen LogP contribution in [0.15, 0.2) is 18.2 Å². The first-order valence-corrected chi connectivity index (χ1v) is 5.62. The largest absolute Gasteiger partial charge is 0.381 e. The van der Waals surface area contributed by atoms with Gasteiger partial charge < -0.3 is 5.32 Å². The lowest BCUT2D eigenvalue weighted by Crippen LogP contribution is -2.22. The molecule has 0 aliphatic heterocycles. The van der Waals surface area contributed by atoms with Gasteiger partial charge in [0.1, 0.15) is 5.82 Å². The molecule has 2 unspecified atom stereocenters. The molecule has 1 aliphatic carbocycles. The fraction of sp³-hybridized carbons (Fsp3) is 0.462. The van der Waals surface area contributed by atoms with E-state index in [0.29, 0.717) is 0 Å². The molecular weight excluding hydrogens is 203 g/mol. The van der Waals surface area contributed by atoms with Crippen molar-refractivity contribution < 1.29 is 4.39 Å². The topological polar surface area (TPSA) is 35.8 Å². The van der Waals surface area contributed by atoms with Gasteiger partial charge >= 0.3 is 0 Å². The zero-order valence-electron chi connectivity index (χ0n) is 9.33. The lowest BCUT2D eigenvalue weighted by Gasteiger charge is -2.17. The number of benzene rings is 1. The molecule has 0 radical (unpaired) electrons. The second-order valence-electron chi connectivity index (χ2n) is 4.43. The first-order valence-electron chi connectivity index (χ1n) is 5.62. The van der Waals surface area contributed by atoms with E-state index in [0.717, 1.165) is 30.5 Å². The molecule has 3 heteroatoms. The van der Waals surface area contributed by atoms with Crippen LogP contribution >= 0.6 is 0 Å². The van der Waals surface area contributed by atoms with Gasteiger partial charge in [-0.05, 0) is 49.9 Å². The van der Waals surface area contributed by atoms with Crippen molar-refractivity contribution in [3.63, 3.8) is 0 Å². The minimum absolute atomic E-state index is 0.0589. The Labute approximate surface area is 95.1 Å². The van der Waals surface area contributed by atoms with Gasteiger partial charge in [0.25, 0.3) is 0 Å². The zero-order valence-corrected chi connectivity index (χ0v) is 9.33. The summed E-state index contributed by atoms with van der Waals surface area (Å²) in [5.41, 5.74) is 1.68. The Hall–Kier alpha value is -1.56. The maximum Gasteiger partial charge on any atom is 0.125 e. The van der Waals surface area contributed by atoms with Gasteiger partial charge in [0.05, 0.1) is 12.0 Å². The van der Waals surface area contributed by atoms with E-state index in [-0.39, 0.29) is 17.8 Å². The van der Waals surface area contributed by atoms with Crippen molar-refractivity contribution >= 4 is 5.69 Å². The van der Waals surface area contributed by atoms with E-state index in [1.54, 1.807) is 0 Å². The third-order valence-electron chi connectivity index (χ3n) is 3.08. The lowest BCUT2D eigenvalue weighted by molar-refractivity contribution is 0.618. The van der Waals surface area contributed by atoms with E-state index in [2.05, 4.69) is 11.4 Å². The van der Waals surface area contributed by atoms with Crippen LogP contribution in [-0.4, -0.2) is 6.04 Å². The SMILES string of the molecule is Cc1cc(F)cc(NC2CCCC2C#N)c1. The number of hydrogen-bond donors (Lipinski definition) is 1. The van der Waals surface area contributed by atoms with E-state index >= 15 is 0 Å². The van der Waals surface area contributed by atoms with Crippen LogP contribution in [0.3, 0.4) is 0 Å². The molecule has 1 saturated carbocycles. The highest BCUT2D eigenvalue weighted by Crippen LogP contribution is 2.28. The van der Waals surface area contributed by atoms with Crippen LogP contribution in [0.1, 0.15) is 24.8 Å². The molecule has 1 aromatic rings. The Morgan fingerprint density at radius 3 is 2.88 bits per heavy atom. The van der Waals surface area contributed by atoms with Gasteiger partial charge in [-0.15, -0.1) is 0 Å². The van der Waals surface area contributed by atoms with Gasteiger partial charge in [-0.25, -0.2) is 4.39 Å². The van der Waals surface area contributed by atoms with Crippen LogP contribution in [0.25, 0.3) is 0 Å². The minimum Gasteiger partial charge on any atom is -0.381 e. The molecule has 1 aliphatic rings. The van der Waals surface area contributed by atoms with E-state index < -0.39 is 0 Å². The molecule has 2 rings (SSSR count). The highest BCUT2D eigenvalue weighted by Gasteiger charge is 2.26. The normalized spacial score (nSPS) is 24.1. The van der Waals surface area contributed by atoms with Crippen molar-refractivity contribution in [2.24, 2.45) is 5.92 Å². The van der Waals surface area contributed by atoms with E-state index in [4.69, 9.17) is 5.26 Å².